The highest BCUT2D eigenvalue weighted by atomic mass is 16.1. The first-order valence-electron chi connectivity index (χ1n) is 7.36. The number of para-hydroxylation sites is 1. The zero-order chi connectivity index (χ0) is 15.2. The number of rotatable bonds is 4. The lowest BCUT2D eigenvalue weighted by Crippen LogP contribution is -2.54. The Balaban J connectivity index is 1.86. The van der Waals surface area contributed by atoms with Gasteiger partial charge in [0.05, 0.1) is 11.3 Å². The molecule has 2 unspecified atom stereocenters. The lowest BCUT2D eigenvalue weighted by molar-refractivity contribution is -0.116. The fourth-order valence-corrected chi connectivity index (χ4v) is 2.56. The van der Waals surface area contributed by atoms with Crippen molar-refractivity contribution in [3.63, 3.8) is 0 Å². The SMILES string of the molecule is CC1CN(CCC(=O)Nc2ccccc2C#N)C(C)CN1. The van der Waals surface area contributed by atoms with Crippen molar-refractivity contribution >= 4 is 11.6 Å². The second-order valence-corrected chi connectivity index (χ2v) is 5.61. The number of anilines is 1. The van der Waals surface area contributed by atoms with Crippen LogP contribution in [0.2, 0.25) is 0 Å². The molecule has 1 aromatic rings. The molecule has 1 heterocycles. The van der Waals surface area contributed by atoms with E-state index < -0.39 is 0 Å². The maximum absolute atomic E-state index is 12.0. The molecule has 21 heavy (non-hydrogen) atoms. The van der Waals surface area contributed by atoms with E-state index in [-0.39, 0.29) is 5.91 Å². The van der Waals surface area contributed by atoms with E-state index in [2.05, 4.69) is 35.5 Å². The minimum atomic E-state index is -0.0453. The second kappa shape index (κ2) is 7.21. The van der Waals surface area contributed by atoms with Crippen molar-refractivity contribution in [2.75, 3.05) is 25.0 Å². The van der Waals surface area contributed by atoms with Crippen LogP contribution in [0.15, 0.2) is 24.3 Å². The quantitative estimate of drug-likeness (QED) is 0.881. The molecule has 0 spiro atoms. The molecule has 0 bridgehead atoms. The van der Waals surface area contributed by atoms with Crippen LogP contribution in [-0.2, 0) is 4.79 Å². The molecule has 0 aliphatic carbocycles. The Kier molecular flexibility index (Phi) is 5.32. The Hall–Kier alpha value is -1.90. The van der Waals surface area contributed by atoms with Gasteiger partial charge in [0.1, 0.15) is 6.07 Å². The monoisotopic (exact) mass is 286 g/mol. The summed E-state index contributed by atoms with van der Waals surface area (Å²) in [5.41, 5.74) is 1.08. The molecule has 0 radical (unpaired) electrons. The van der Waals surface area contributed by atoms with Gasteiger partial charge in [-0.2, -0.15) is 5.26 Å². The van der Waals surface area contributed by atoms with Crippen LogP contribution in [0, 0.1) is 11.3 Å². The third kappa shape index (κ3) is 4.28. The molecule has 1 aliphatic rings. The summed E-state index contributed by atoms with van der Waals surface area (Å²) in [5.74, 6) is -0.0453. The summed E-state index contributed by atoms with van der Waals surface area (Å²) in [6.07, 6.45) is 0.441. The first kappa shape index (κ1) is 15.5. The van der Waals surface area contributed by atoms with Crippen LogP contribution in [0.3, 0.4) is 0 Å². The average molecular weight is 286 g/mol. The van der Waals surface area contributed by atoms with E-state index in [1.807, 2.05) is 6.07 Å². The molecule has 0 aromatic heterocycles. The highest BCUT2D eigenvalue weighted by Gasteiger charge is 2.22. The first-order chi connectivity index (χ1) is 10.1. The fourth-order valence-electron chi connectivity index (χ4n) is 2.56. The smallest absolute Gasteiger partial charge is 0.225 e. The number of piperazine rings is 1. The van der Waals surface area contributed by atoms with Gasteiger partial charge in [-0.25, -0.2) is 0 Å². The third-order valence-electron chi connectivity index (χ3n) is 3.84. The highest BCUT2D eigenvalue weighted by molar-refractivity contribution is 5.92. The van der Waals surface area contributed by atoms with Crippen LogP contribution in [0.4, 0.5) is 5.69 Å². The van der Waals surface area contributed by atoms with E-state index in [0.29, 0.717) is 29.8 Å². The van der Waals surface area contributed by atoms with Crippen molar-refractivity contribution in [2.45, 2.75) is 32.4 Å². The van der Waals surface area contributed by atoms with Crippen LogP contribution < -0.4 is 10.6 Å². The highest BCUT2D eigenvalue weighted by Crippen LogP contribution is 2.14. The number of carbonyl (C=O) groups is 1. The second-order valence-electron chi connectivity index (χ2n) is 5.61. The van der Waals surface area contributed by atoms with Crippen LogP contribution in [0.5, 0.6) is 0 Å². The molecule has 1 fully saturated rings. The van der Waals surface area contributed by atoms with Gasteiger partial charge in [-0.1, -0.05) is 12.1 Å². The number of carbonyl (C=O) groups excluding carboxylic acids is 1. The topological polar surface area (TPSA) is 68.2 Å². The maximum atomic E-state index is 12.0. The van der Waals surface area contributed by atoms with Gasteiger partial charge in [0, 0.05) is 38.1 Å². The Morgan fingerprint density at radius 1 is 1.48 bits per heavy atom. The molecular weight excluding hydrogens is 264 g/mol. The summed E-state index contributed by atoms with van der Waals surface area (Å²) in [6.45, 7) is 6.99. The number of hydrogen-bond acceptors (Lipinski definition) is 4. The molecule has 5 heteroatoms. The van der Waals surface area contributed by atoms with E-state index in [0.717, 1.165) is 19.6 Å². The van der Waals surface area contributed by atoms with Crippen molar-refractivity contribution in [1.29, 1.82) is 5.26 Å². The standard InChI is InChI=1S/C16H22N4O/c1-12-11-20(13(2)10-18-12)8-7-16(21)19-15-6-4-3-5-14(15)9-17/h3-6,12-13,18H,7-8,10-11H2,1-2H3,(H,19,21). The van der Waals surface area contributed by atoms with Gasteiger partial charge in [-0.3, -0.25) is 9.69 Å². The van der Waals surface area contributed by atoms with Crippen LogP contribution in [-0.4, -0.2) is 42.5 Å². The summed E-state index contributed by atoms with van der Waals surface area (Å²) >= 11 is 0. The molecule has 1 aliphatic heterocycles. The van der Waals surface area contributed by atoms with E-state index in [1.165, 1.54) is 0 Å². The molecule has 2 N–H and O–H groups in total. The van der Waals surface area contributed by atoms with Crippen LogP contribution in [0.25, 0.3) is 0 Å². The Morgan fingerprint density at radius 2 is 2.24 bits per heavy atom. The largest absolute Gasteiger partial charge is 0.325 e. The van der Waals surface area contributed by atoms with Crippen molar-refractivity contribution in [3.8, 4) is 6.07 Å². The molecule has 5 nitrogen and oxygen atoms in total. The Morgan fingerprint density at radius 3 is 3.00 bits per heavy atom. The van der Waals surface area contributed by atoms with Crippen LogP contribution in [0.1, 0.15) is 25.8 Å². The predicted molar refractivity (Wildman–Crippen MR) is 82.9 cm³/mol. The summed E-state index contributed by atoms with van der Waals surface area (Å²) < 4.78 is 0. The Labute approximate surface area is 125 Å². The average Bonchev–Trinajstić information content (AvgIpc) is 2.49. The molecule has 1 amide bonds. The van der Waals surface area contributed by atoms with E-state index in [9.17, 15) is 4.79 Å². The minimum absolute atomic E-state index is 0.0453. The van der Waals surface area contributed by atoms with E-state index in [1.54, 1.807) is 18.2 Å². The molecule has 0 saturated carbocycles. The lowest BCUT2D eigenvalue weighted by Gasteiger charge is -2.37. The summed E-state index contributed by atoms with van der Waals surface area (Å²) in [4.78, 5) is 14.4. The summed E-state index contributed by atoms with van der Waals surface area (Å²) in [6, 6.07) is 10.1. The molecule has 2 atom stereocenters. The minimum Gasteiger partial charge on any atom is -0.325 e. The molecule has 2 rings (SSSR count). The molecule has 1 aromatic carbocycles. The van der Waals surface area contributed by atoms with Gasteiger partial charge >= 0.3 is 0 Å². The van der Waals surface area contributed by atoms with E-state index in [4.69, 9.17) is 5.26 Å². The van der Waals surface area contributed by atoms with Crippen molar-refractivity contribution in [3.05, 3.63) is 29.8 Å². The van der Waals surface area contributed by atoms with Gasteiger partial charge < -0.3 is 10.6 Å². The zero-order valence-electron chi connectivity index (χ0n) is 12.6. The van der Waals surface area contributed by atoms with Gasteiger partial charge in [0.25, 0.3) is 0 Å². The number of hydrogen-bond donors (Lipinski definition) is 2. The van der Waals surface area contributed by atoms with Gasteiger partial charge in [-0.05, 0) is 26.0 Å². The van der Waals surface area contributed by atoms with Crippen molar-refractivity contribution in [1.82, 2.24) is 10.2 Å². The number of nitrogens with zero attached hydrogens (tertiary/aromatic N) is 2. The number of nitrogens with one attached hydrogen (secondary N) is 2. The molecular formula is C16H22N4O. The number of benzene rings is 1. The number of amides is 1. The van der Waals surface area contributed by atoms with Gasteiger partial charge in [0.15, 0.2) is 0 Å². The molecule has 1 saturated heterocycles. The van der Waals surface area contributed by atoms with Crippen LogP contribution >= 0.6 is 0 Å². The zero-order valence-corrected chi connectivity index (χ0v) is 12.6. The Bertz CT molecular complexity index is 537. The summed E-state index contributed by atoms with van der Waals surface area (Å²) in [5, 5.41) is 15.3. The summed E-state index contributed by atoms with van der Waals surface area (Å²) in [7, 11) is 0. The third-order valence-corrected chi connectivity index (χ3v) is 3.84. The van der Waals surface area contributed by atoms with Gasteiger partial charge in [0.2, 0.25) is 5.91 Å². The number of nitriles is 1. The van der Waals surface area contributed by atoms with Crippen molar-refractivity contribution in [2.24, 2.45) is 0 Å². The van der Waals surface area contributed by atoms with Gasteiger partial charge in [-0.15, -0.1) is 0 Å². The normalized spacial score (nSPS) is 22.5. The maximum Gasteiger partial charge on any atom is 0.225 e. The first-order valence-corrected chi connectivity index (χ1v) is 7.36. The van der Waals surface area contributed by atoms with E-state index >= 15 is 0 Å². The van der Waals surface area contributed by atoms with Crippen molar-refractivity contribution < 1.29 is 4.79 Å². The predicted octanol–water partition coefficient (Wildman–Crippen LogP) is 1.57. The fraction of sp³-hybridized carbons (Fsp3) is 0.500. The molecule has 112 valence electrons. The lowest BCUT2D eigenvalue weighted by atomic mass is 10.1.